The molecule has 104 valence electrons. The number of benzene rings is 1. The number of anilines is 2. The maximum absolute atomic E-state index is 11.4. The van der Waals surface area contributed by atoms with E-state index in [0.29, 0.717) is 24.3 Å². The fourth-order valence-corrected chi connectivity index (χ4v) is 2.31. The maximum Gasteiger partial charge on any atom is 0.238 e. The Morgan fingerprint density at radius 2 is 2.05 bits per heavy atom. The summed E-state index contributed by atoms with van der Waals surface area (Å²) in [7, 11) is -3.77. The van der Waals surface area contributed by atoms with Crippen LogP contribution in [0, 0.1) is 11.3 Å². The first-order valence-corrected chi connectivity index (χ1v) is 7.38. The lowest BCUT2D eigenvalue weighted by atomic mass is 10.2. The fraction of sp³-hybridized carbons (Fsp3) is 0.417. The van der Waals surface area contributed by atoms with Crippen LogP contribution in [0.5, 0.6) is 0 Å². The molecule has 0 bridgehead atoms. The van der Waals surface area contributed by atoms with Crippen LogP contribution >= 0.6 is 0 Å². The van der Waals surface area contributed by atoms with Gasteiger partial charge in [-0.25, -0.2) is 13.6 Å². The molecular formula is C12H18N4O2S. The van der Waals surface area contributed by atoms with E-state index in [2.05, 4.69) is 6.07 Å². The molecule has 0 aromatic heterocycles. The smallest absolute Gasteiger partial charge is 0.238 e. The van der Waals surface area contributed by atoms with Crippen molar-refractivity contribution in [3.63, 3.8) is 0 Å². The summed E-state index contributed by atoms with van der Waals surface area (Å²) in [6.45, 7) is 4.37. The van der Waals surface area contributed by atoms with Crippen LogP contribution in [0.2, 0.25) is 0 Å². The van der Waals surface area contributed by atoms with Crippen LogP contribution in [0.4, 0.5) is 11.4 Å². The molecule has 0 saturated carbocycles. The standard InChI is InChI=1S/C12H18N4O2S/c1-9(2)16(7-3-6-13)12-8-10(19(15,17)18)4-5-11(12)14/h4-5,8-9H,3,7,14H2,1-2H3,(H2,15,17,18). The van der Waals surface area contributed by atoms with Gasteiger partial charge in [-0.3, -0.25) is 0 Å². The van der Waals surface area contributed by atoms with Gasteiger partial charge in [-0.1, -0.05) is 0 Å². The van der Waals surface area contributed by atoms with Gasteiger partial charge in [-0.2, -0.15) is 5.26 Å². The molecule has 0 saturated heterocycles. The van der Waals surface area contributed by atoms with E-state index in [9.17, 15) is 8.42 Å². The van der Waals surface area contributed by atoms with Crippen molar-refractivity contribution in [3.8, 4) is 6.07 Å². The molecule has 6 nitrogen and oxygen atoms in total. The van der Waals surface area contributed by atoms with Crippen molar-refractivity contribution in [2.24, 2.45) is 5.14 Å². The van der Waals surface area contributed by atoms with Gasteiger partial charge in [0.15, 0.2) is 0 Å². The molecule has 0 spiro atoms. The van der Waals surface area contributed by atoms with E-state index in [1.165, 1.54) is 18.2 Å². The quantitative estimate of drug-likeness (QED) is 0.783. The average molecular weight is 282 g/mol. The SMILES string of the molecule is CC(C)N(CCC#N)c1cc(S(N)(=O)=O)ccc1N. The Kier molecular flexibility index (Phi) is 4.75. The van der Waals surface area contributed by atoms with Gasteiger partial charge in [0.05, 0.1) is 28.8 Å². The summed E-state index contributed by atoms with van der Waals surface area (Å²) in [5, 5.41) is 13.8. The summed E-state index contributed by atoms with van der Waals surface area (Å²) in [4.78, 5) is 1.90. The van der Waals surface area contributed by atoms with Crippen molar-refractivity contribution in [2.45, 2.75) is 31.2 Å². The number of rotatable bonds is 5. The van der Waals surface area contributed by atoms with E-state index >= 15 is 0 Å². The molecule has 1 rings (SSSR count). The van der Waals surface area contributed by atoms with E-state index < -0.39 is 10.0 Å². The topological polar surface area (TPSA) is 113 Å². The lowest BCUT2D eigenvalue weighted by molar-refractivity contribution is 0.597. The molecule has 1 aromatic rings. The number of sulfonamides is 1. The number of nitrogens with two attached hydrogens (primary N) is 2. The first-order valence-electron chi connectivity index (χ1n) is 5.83. The zero-order chi connectivity index (χ0) is 14.6. The lowest BCUT2D eigenvalue weighted by Gasteiger charge is -2.29. The van der Waals surface area contributed by atoms with Crippen LogP contribution in [0.15, 0.2) is 23.1 Å². The Morgan fingerprint density at radius 1 is 1.42 bits per heavy atom. The molecular weight excluding hydrogens is 264 g/mol. The number of nitrogens with zero attached hydrogens (tertiary/aromatic N) is 2. The summed E-state index contributed by atoms with van der Waals surface area (Å²) in [6.07, 6.45) is 0.331. The van der Waals surface area contributed by atoms with Crippen molar-refractivity contribution < 1.29 is 8.42 Å². The van der Waals surface area contributed by atoms with E-state index in [1.54, 1.807) is 0 Å². The van der Waals surface area contributed by atoms with Gasteiger partial charge < -0.3 is 10.6 Å². The first-order chi connectivity index (χ1) is 8.77. The van der Waals surface area contributed by atoms with Crippen molar-refractivity contribution in [1.82, 2.24) is 0 Å². The minimum atomic E-state index is -3.77. The molecule has 0 amide bonds. The van der Waals surface area contributed by atoms with Gasteiger partial charge in [0.1, 0.15) is 0 Å². The number of nitrogen functional groups attached to an aromatic ring is 1. The molecule has 0 heterocycles. The van der Waals surface area contributed by atoms with Gasteiger partial charge in [-0.05, 0) is 32.0 Å². The fourth-order valence-electron chi connectivity index (χ4n) is 1.78. The number of nitriles is 1. The van der Waals surface area contributed by atoms with Crippen LogP contribution in [0.1, 0.15) is 20.3 Å². The monoisotopic (exact) mass is 282 g/mol. The van der Waals surface area contributed by atoms with E-state index in [4.69, 9.17) is 16.1 Å². The molecule has 0 aliphatic carbocycles. The first kappa shape index (κ1) is 15.3. The Hall–Kier alpha value is -1.78. The Morgan fingerprint density at radius 3 is 2.53 bits per heavy atom. The molecule has 4 N–H and O–H groups in total. The zero-order valence-electron chi connectivity index (χ0n) is 11.0. The van der Waals surface area contributed by atoms with Gasteiger partial charge in [0, 0.05) is 12.6 Å². The van der Waals surface area contributed by atoms with Gasteiger partial charge in [0.25, 0.3) is 0 Å². The molecule has 0 fully saturated rings. The lowest BCUT2D eigenvalue weighted by Crippen LogP contribution is -2.32. The van der Waals surface area contributed by atoms with Crippen LogP contribution in [-0.2, 0) is 10.0 Å². The summed E-state index contributed by atoms with van der Waals surface area (Å²) < 4.78 is 22.7. The molecule has 7 heteroatoms. The highest BCUT2D eigenvalue weighted by atomic mass is 32.2. The van der Waals surface area contributed by atoms with Crippen molar-refractivity contribution in [2.75, 3.05) is 17.2 Å². The van der Waals surface area contributed by atoms with Crippen molar-refractivity contribution in [3.05, 3.63) is 18.2 Å². The summed E-state index contributed by atoms with van der Waals surface area (Å²) in [5.74, 6) is 0. The molecule has 0 atom stereocenters. The van der Waals surface area contributed by atoms with Crippen LogP contribution < -0.4 is 15.8 Å². The zero-order valence-corrected chi connectivity index (χ0v) is 11.8. The van der Waals surface area contributed by atoms with E-state index in [1.807, 2.05) is 18.7 Å². The average Bonchev–Trinajstić information content (AvgIpc) is 2.29. The highest BCUT2D eigenvalue weighted by Crippen LogP contribution is 2.28. The number of primary sulfonamides is 1. The molecule has 0 aliphatic rings. The predicted octanol–water partition coefficient (Wildman–Crippen LogP) is 1.04. The third kappa shape index (κ3) is 3.84. The molecule has 19 heavy (non-hydrogen) atoms. The van der Waals surface area contributed by atoms with Crippen LogP contribution in [-0.4, -0.2) is 21.0 Å². The van der Waals surface area contributed by atoms with Crippen LogP contribution in [0.25, 0.3) is 0 Å². The van der Waals surface area contributed by atoms with Crippen molar-refractivity contribution in [1.29, 1.82) is 5.26 Å². The second-order valence-electron chi connectivity index (χ2n) is 4.46. The van der Waals surface area contributed by atoms with Gasteiger partial charge >= 0.3 is 0 Å². The number of hydrogen-bond donors (Lipinski definition) is 2. The third-order valence-electron chi connectivity index (χ3n) is 2.73. The molecule has 0 unspecified atom stereocenters. The Labute approximate surface area is 113 Å². The minimum Gasteiger partial charge on any atom is -0.397 e. The second kappa shape index (κ2) is 5.91. The summed E-state index contributed by atoms with van der Waals surface area (Å²) in [5.41, 5.74) is 6.92. The minimum absolute atomic E-state index is 0.0132. The normalized spacial score (nSPS) is 11.3. The highest BCUT2D eigenvalue weighted by Gasteiger charge is 2.17. The number of hydrogen-bond acceptors (Lipinski definition) is 5. The largest absolute Gasteiger partial charge is 0.397 e. The predicted molar refractivity (Wildman–Crippen MR) is 74.9 cm³/mol. The second-order valence-corrected chi connectivity index (χ2v) is 6.02. The summed E-state index contributed by atoms with van der Waals surface area (Å²) >= 11 is 0. The van der Waals surface area contributed by atoms with Crippen molar-refractivity contribution >= 4 is 21.4 Å². The molecule has 0 aliphatic heterocycles. The van der Waals surface area contributed by atoms with E-state index in [-0.39, 0.29) is 10.9 Å². The molecule has 0 radical (unpaired) electrons. The highest BCUT2D eigenvalue weighted by molar-refractivity contribution is 7.89. The molecule has 1 aromatic carbocycles. The summed E-state index contributed by atoms with van der Waals surface area (Å²) in [6, 6.07) is 6.48. The van der Waals surface area contributed by atoms with Crippen LogP contribution in [0.3, 0.4) is 0 Å². The maximum atomic E-state index is 11.4. The van der Waals surface area contributed by atoms with Gasteiger partial charge in [-0.15, -0.1) is 0 Å². The Bertz CT molecular complexity index is 590. The van der Waals surface area contributed by atoms with E-state index in [0.717, 1.165) is 0 Å². The third-order valence-corrected chi connectivity index (χ3v) is 3.64. The Balaban J connectivity index is 3.26. The van der Waals surface area contributed by atoms with Gasteiger partial charge in [0.2, 0.25) is 10.0 Å².